The Morgan fingerprint density at radius 1 is 1.40 bits per heavy atom. The molecular weight excluding hydrogens is 250 g/mol. The van der Waals surface area contributed by atoms with Gasteiger partial charge < -0.3 is 15.5 Å². The van der Waals surface area contributed by atoms with E-state index >= 15 is 0 Å². The molecule has 1 amide bonds. The average Bonchev–Trinajstić information content (AvgIpc) is 2.87. The van der Waals surface area contributed by atoms with E-state index in [-0.39, 0.29) is 11.9 Å². The summed E-state index contributed by atoms with van der Waals surface area (Å²) in [5.74, 6) is 0.0617. The van der Waals surface area contributed by atoms with Gasteiger partial charge in [0.1, 0.15) is 0 Å². The molecule has 110 valence electrons. The maximum Gasteiger partial charge on any atom is 0.217 e. The number of anilines is 1. The van der Waals surface area contributed by atoms with Crippen LogP contribution in [0.3, 0.4) is 0 Å². The quantitative estimate of drug-likeness (QED) is 0.864. The van der Waals surface area contributed by atoms with E-state index < -0.39 is 0 Å². The second-order valence-electron chi connectivity index (χ2n) is 5.50. The van der Waals surface area contributed by atoms with Crippen LogP contribution in [-0.2, 0) is 4.79 Å². The van der Waals surface area contributed by atoms with Gasteiger partial charge >= 0.3 is 0 Å². The Balaban J connectivity index is 1.95. The van der Waals surface area contributed by atoms with Crippen LogP contribution in [0.15, 0.2) is 24.3 Å². The van der Waals surface area contributed by atoms with Crippen LogP contribution in [0.4, 0.5) is 5.69 Å². The number of rotatable bonds is 5. The van der Waals surface area contributed by atoms with E-state index in [1.54, 1.807) is 6.92 Å². The number of carbonyl (C=O) groups is 1. The van der Waals surface area contributed by atoms with Crippen molar-refractivity contribution in [2.24, 2.45) is 0 Å². The van der Waals surface area contributed by atoms with Crippen molar-refractivity contribution in [1.29, 1.82) is 0 Å². The third-order valence-electron chi connectivity index (χ3n) is 3.86. The molecule has 2 unspecified atom stereocenters. The first-order chi connectivity index (χ1) is 9.60. The lowest BCUT2D eigenvalue weighted by Gasteiger charge is -2.20. The normalized spacial score (nSPS) is 19.9. The third kappa shape index (κ3) is 3.73. The smallest absolute Gasteiger partial charge is 0.217 e. The highest BCUT2D eigenvalue weighted by atomic mass is 16.1. The molecule has 1 fully saturated rings. The molecule has 0 bridgehead atoms. The Bertz CT molecular complexity index is 444. The van der Waals surface area contributed by atoms with E-state index in [2.05, 4.69) is 53.6 Å². The highest BCUT2D eigenvalue weighted by Gasteiger charge is 2.23. The first kappa shape index (κ1) is 14.9. The average molecular weight is 275 g/mol. The van der Waals surface area contributed by atoms with Crippen LogP contribution < -0.4 is 15.5 Å². The molecule has 1 saturated heterocycles. The standard InChI is InChI=1S/C16H25N3O/c1-4-17-12(2)14-5-7-16(8-6-14)19-10-9-15(11-19)18-13(3)20/h5-8,12,15,17H,4,9-11H2,1-3H3,(H,18,20). The zero-order valence-electron chi connectivity index (χ0n) is 12.6. The van der Waals surface area contributed by atoms with Crippen LogP contribution >= 0.6 is 0 Å². The van der Waals surface area contributed by atoms with Crippen LogP contribution in [-0.4, -0.2) is 31.6 Å². The number of nitrogens with one attached hydrogen (secondary N) is 2. The fraction of sp³-hybridized carbons (Fsp3) is 0.562. The topological polar surface area (TPSA) is 44.4 Å². The van der Waals surface area contributed by atoms with Gasteiger partial charge in [-0.1, -0.05) is 19.1 Å². The summed E-state index contributed by atoms with van der Waals surface area (Å²) >= 11 is 0. The monoisotopic (exact) mass is 275 g/mol. The molecular formula is C16H25N3O. The van der Waals surface area contributed by atoms with E-state index in [9.17, 15) is 4.79 Å². The van der Waals surface area contributed by atoms with Crippen molar-refractivity contribution in [3.63, 3.8) is 0 Å². The molecule has 1 aromatic rings. The van der Waals surface area contributed by atoms with Crippen LogP contribution in [0, 0.1) is 0 Å². The molecule has 0 aliphatic carbocycles. The van der Waals surface area contributed by atoms with Crippen LogP contribution in [0.25, 0.3) is 0 Å². The van der Waals surface area contributed by atoms with Crippen LogP contribution in [0.2, 0.25) is 0 Å². The molecule has 0 saturated carbocycles. The maximum atomic E-state index is 11.1. The van der Waals surface area contributed by atoms with Gasteiger partial charge in [-0.2, -0.15) is 0 Å². The van der Waals surface area contributed by atoms with Crippen molar-refractivity contribution < 1.29 is 4.79 Å². The highest BCUT2D eigenvalue weighted by Crippen LogP contribution is 2.22. The molecule has 4 nitrogen and oxygen atoms in total. The summed E-state index contributed by atoms with van der Waals surface area (Å²) in [5.41, 5.74) is 2.55. The largest absolute Gasteiger partial charge is 0.369 e. The highest BCUT2D eigenvalue weighted by molar-refractivity contribution is 5.73. The minimum Gasteiger partial charge on any atom is -0.369 e. The third-order valence-corrected chi connectivity index (χ3v) is 3.86. The molecule has 0 spiro atoms. The lowest BCUT2D eigenvalue weighted by atomic mass is 10.1. The molecule has 2 rings (SSSR count). The van der Waals surface area contributed by atoms with Gasteiger partial charge in [-0.05, 0) is 37.6 Å². The Hall–Kier alpha value is -1.55. The predicted molar refractivity (Wildman–Crippen MR) is 83.0 cm³/mol. The SMILES string of the molecule is CCNC(C)c1ccc(N2CCC(NC(C)=O)C2)cc1. The maximum absolute atomic E-state index is 11.1. The Kier molecular flexibility index (Phi) is 5.01. The minimum absolute atomic E-state index is 0.0617. The Morgan fingerprint density at radius 2 is 2.10 bits per heavy atom. The predicted octanol–water partition coefficient (Wildman–Crippen LogP) is 2.07. The number of carbonyl (C=O) groups excluding carboxylic acids is 1. The lowest BCUT2D eigenvalue weighted by molar-refractivity contribution is -0.119. The molecule has 0 radical (unpaired) electrons. The first-order valence-corrected chi connectivity index (χ1v) is 7.45. The summed E-state index contributed by atoms with van der Waals surface area (Å²) in [6.45, 7) is 8.78. The number of hydrogen-bond acceptors (Lipinski definition) is 3. The van der Waals surface area contributed by atoms with Gasteiger partial charge in [0.25, 0.3) is 0 Å². The van der Waals surface area contributed by atoms with E-state index in [0.717, 1.165) is 26.1 Å². The molecule has 1 heterocycles. The van der Waals surface area contributed by atoms with Gasteiger partial charge in [-0.3, -0.25) is 4.79 Å². The summed E-state index contributed by atoms with van der Waals surface area (Å²) in [6.07, 6.45) is 1.02. The van der Waals surface area contributed by atoms with Gasteiger partial charge in [0, 0.05) is 37.8 Å². The van der Waals surface area contributed by atoms with Gasteiger partial charge in [-0.25, -0.2) is 0 Å². The molecule has 1 aliphatic rings. The lowest BCUT2D eigenvalue weighted by Crippen LogP contribution is -2.35. The second-order valence-corrected chi connectivity index (χ2v) is 5.50. The summed E-state index contributed by atoms with van der Waals surface area (Å²) < 4.78 is 0. The van der Waals surface area contributed by atoms with Gasteiger partial charge in [0.15, 0.2) is 0 Å². The van der Waals surface area contributed by atoms with Crippen molar-refractivity contribution in [2.75, 3.05) is 24.5 Å². The molecule has 1 aromatic carbocycles. The van der Waals surface area contributed by atoms with Crippen molar-refractivity contribution in [1.82, 2.24) is 10.6 Å². The van der Waals surface area contributed by atoms with Crippen LogP contribution in [0.5, 0.6) is 0 Å². The second kappa shape index (κ2) is 6.75. The van der Waals surface area contributed by atoms with Crippen molar-refractivity contribution in [3.05, 3.63) is 29.8 Å². The number of nitrogens with zero attached hydrogens (tertiary/aromatic N) is 1. The Morgan fingerprint density at radius 3 is 2.70 bits per heavy atom. The summed E-state index contributed by atoms with van der Waals surface area (Å²) in [5, 5.41) is 6.42. The van der Waals surface area contributed by atoms with E-state index in [1.807, 2.05) is 0 Å². The zero-order chi connectivity index (χ0) is 14.5. The van der Waals surface area contributed by atoms with Crippen LogP contribution in [0.1, 0.15) is 38.8 Å². The molecule has 2 atom stereocenters. The van der Waals surface area contributed by atoms with Gasteiger partial charge in [0.2, 0.25) is 5.91 Å². The number of hydrogen-bond donors (Lipinski definition) is 2. The molecule has 0 aromatic heterocycles. The van der Waals surface area contributed by atoms with Crippen molar-refractivity contribution in [3.8, 4) is 0 Å². The molecule has 1 aliphatic heterocycles. The van der Waals surface area contributed by atoms with Gasteiger partial charge in [0.05, 0.1) is 0 Å². The van der Waals surface area contributed by atoms with E-state index in [4.69, 9.17) is 0 Å². The minimum atomic E-state index is 0.0617. The fourth-order valence-electron chi connectivity index (χ4n) is 2.80. The zero-order valence-corrected chi connectivity index (χ0v) is 12.6. The summed E-state index contributed by atoms with van der Waals surface area (Å²) in [7, 11) is 0. The molecule has 20 heavy (non-hydrogen) atoms. The van der Waals surface area contributed by atoms with Gasteiger partial charge in [-0.15, -0.1) is 0 Å². The summed E-state index contributed by atoms with van der Waals surface area (Å²) in [4.78, 5) is 13.4. The number of amides is 1. The van der Waals surface area contributed by atoms with E-state index in [0.29, 0.717) is 6.04 Å². The van der Waals surface area contributed by atoms with E-state index in [1.165, 1.54) is 11.3 Å². The first-order valence-electron chi connectivity index (χ1n) is 7.45. The van der Waals surface area contributed by atoms with Crippen molar-refractivity contribution in [2.45, 2.75) is 39.3 Å². The molecule has 2 N–H and O–H groups in total. The number of benzene rings is 1. The fourth-order valence-corrected chi connectivity index (χ4v) is 2.80. The van der Waals surface area contributed by atoms with Crippen molar-refractivity contribution >= 4 is 11.6 Å². The Labute approximate surface area is 121 Å². The summed E-state index contributed by atoms with van der Waals surface area (Å²) in [6, 6.07) is 9.41. The molecule has 4 heteroatoms.